The molecule has 4 aromatic rings. The molecule has 0 fully saturated rings. The average Bonchev–Trinajstić information content (AvgIpc) is 3.24. The molecule has 10 heteroatoms. The zero-order chi connectivity index (χ0) is 26.1. The summed E-state index contributed by atoms with van der Waals surface area (Å²) >= 11 is 0. The van der Waals surface area contributed by atoms with Gasteiger partial charge in [0.15, 0.2) is 0 Å². The third-order valence-electron chi connectivity index (χ3n) is 5.81. The van der Waals surface area contributed by atoms with Crippen LogP contribution in [0.15, 0.2) is 73.2 Å². The summed E-state index contributed by atoms with van der Waals surface area (Å²) in [4.78, 5) is 4.20. The maximum absolute atomic E-state index is 13.3. The van der Waals surface area contributed by atoms with Gasteiger partial charge in [0.1, 0.15) is 0 Å². The standard InChI is InChI=1S/C27H19F6N3.ClH/c1-17-8-20(15-36-16-35-14-24(36)9-18-2-4-19(13-34)5-3-18)6-7-25(17)21-10-22(26(28,29)30)12-23(11-21)27(31,32)33;/h2-8,10-12,14,16H,9,15H2,1H3;1H. The van der Waals surface area contributed by atoms with Gasteiger partial charge in [-0.25, -0.2) is 4.98 Å². The summed E-state index contributed by atoms with van der Waals surface area (Å²) < 4.78 is 81.5. The van der Waals surface area contributed by atoms with Crippen LogP contribution < -0.4 is 0 Å². The Morgan fingerprint density at radius 2 is 1.43 bits per heavy atom. The lowest BCUT2D eigenvalue weighted by Crippen LogP contribution is -2.11. The molecule has 3 nitrogen and oxygen atoms in total. The van der Waals surface area contributed by atoms with Crippen molar-refractivity contribution in [2.24, 2.45) is 0 Å². The first kappa shape index (κ1) is 27.8. The van der Waals surface area contributed by atoms with Crippen LogP contribution in [0.3, 0.4) is 0 Å². The number of alkyl halides is 6. The first-order valence-electron chi connectivity index (χ1n) is 10.8. The Hall–Kier alpha value is -3.77. The highest BCUT2D eigenvalue weighted by atomic mass is 35.5. The fourth-order valence-electron chi connectivity index (χ4n) is 4.00. The number of nitriles is 1. The van der Waals surface area contributed by atoms with Crippen LogP contribution in [0, 0.1) is 18.3 Å². The van der Waals surface area contributed by atoms with Crippen LogP contribution in [0.25, 0.3) is 11.1 Å². The zero-order valence-corrected chi connectivity index (χ0v) is 20.2. The van der Waals surface area contributed by atoms with E-state index in [2.05, 4.69) is 11.1 Å². The van der Waals surface area contributed by atoms with Crippen molar-refractivity contribution in [2.45, 2.75) is 32.2 Å². The van der Waals surface area contributed by atoms with Gasteiger partial charge >= 0.3 is 12.4 Å². The molecular formula is C27H20ClF6N3. The van der Waals surface area contributed by atoms with Gasteiger partial charge in [0.25, 0.3) is 0 Å². The Morgan fingerprint density at radius 3 is 1.97 bits per heavy atom. The highest BCUT2D eigenvalue weighted by molar-refractivity contribution is 5.85. The first-order chi connectivity index (χ1) is 16.9. The number of hydrogen-bond acceptors (Lipinski definition) is 2. The molecule has 3 aromatic carbocycles. The monoisotopic (exact) mass is 535 g/mol. The van der Waals surface area contributed by atoms with Gasteiger partial charge in [-0.15, -0.1) is 12.4 Å². The number of benzene rings is 3. The van der Waals surface area contributed by atoms with Crippen molar-refractivity contribution in [1.29, 1.82) is 5.26 Å². The van der Waals surface area contributed by atoms with Crippen LogP contribution in [0.5, 0.6) is 0 Å². The fraction of sp³-hybridized carbons (Fsp3) is 0.185. The number of aryl methyl sites for hydroxylation is 1. The van der Waals surface area contributed by atoms with E-state index in [1.54, 1.807) is 43.7 Å². The summed E-state index contributed by atoms with van der Waals surface area (Å²) in [7, 11) is 0. The van der Waals surface area contributed by atoms with Crippen LogP contribution >= 0.6 is 12.4 Å². The quantitative estimate of drug-likeness (QED) is 0.244. The first-order valence-corrected chi connectivity index (χ1v) is 10.8. The van der Waals surface area contributed by atoms with E-state index in [-0.39, 0.29) is 24.0 Å². The average molecular weight is 536 g/mol. The van der Waals surface area contributed by atoms with Gasteiger partial charge in [0.2, 0.25) is 0 Å². The molecular weight excluding hydrogens is 516 g/mol. The molecule has 0 radical (unpaired) electrons. The lowest BCUT2D eigenvalue weighted by molar-refractivity contribution is -0.143. The minimum Gasteiger partial charge on any atom is -0.330 e. The van der Waals surface area contributed by atoms with Crippen molar-refractivity contribution in [3.8, 4) is 17.2 Å². The van der Waals surface area contributed by atoms with Gasteiger partial charge in [-0.1, -0.05) is 30.3 Å². The van der Waals surface area contributed by atoms with Gasteiger partial charge in [-0.05, 0) is 65.1 Å². The Bertz CT molecular complexity index is 1400. The van der Waals surface area contributed by atoms with Gasteiger partial charge in [-0.3, -0.25) is 0 Å². The Labute approximate surface area is 215 Å². The summed E-state index contributed by atoms with van der Waals surface area (Å²) in [6, 6.07) is 15.8. The summed E-state index contributed by atoms with van der Waals surface area (Å²) in [5, 5.41) is 8.94. The van der Waals surface area contributed by atoms with Crippen molar-refractivity contribution in [1.82, 2.24) is 9.55 Å². The molecule has 37 heavy (non-hydrogen) atoms. The van der Waals surface area contributed by atoms with Crippen molar-refractivity contribution in [2.75, 3.05) is 0 Å². The molecule has 0 saturated carbocycles. The predicted molar refractivity (Wildman–Crippen MR) is 129 cm³/mol. The maximum atomic E-state index is 13.3. The molecule has 0 unspecified atom stereocenters. The van der Waals surface area contributed by atoms with Gasteiger partial charge < -0.3 is 4.57 Å². The number of imidazole rings is 1. The number of hydrogen-bond donors (Lipinski definition) is 0. The summed E-state index contributed by atoms with van der Waals surface area (Å²) in [5.74, 6) is 0. The molecule has 1 heterocycles. The maximum Gasteiger partial charge on any atom is 0.416 e. The largest absolute Gasteiger partial charge is 0.416 e. The molecule has 0 aliphatic rings. The van der Waals surface area contributed by atoms with E-state index in [9.17, 15) is 26.3 Å². The smallest absolute Gasteiger partial charge is 0.330 e. The number of aromatic nitrogens is 2. The van der Waals surface area contributed by atoms with Gasteiger partial charge in [-0.2, -0.15) is 31.6 Å². The van der Waals surface area contributed by atoms with Crippen LogP contribution in [-0.2, 0) is 25.3 Å². The Kier molecular flexibility index (Phi) is 8.03. The summed E-state index contributed by atoms with van der Waals surface area (Å²) in [6.45, 7) is 2.07. The van der Waals surface area contributed by atoms with E-state index in [1.165, 1.54) is 6.07 Å². The topological polar surface area (TPSA) is 41.6 Å². The molecule has 0 amide bonds. The molecule has 0 aliphatic heterocycles. The lowest BCUT2D eigenvalue weighted by atomic mass is 9.94. The molecule has 0 bridgehead atoms. The minimum absolute atomic E-state index is 0. The van der Waals surface area contributed by atoms with Crippen LogP contribution in [0.1, 0.15) is 39.1 Å². The number of nitrogens with zero attached hydrogens (tertiary/aromatic N) is 3. The molecule has 192 valence electrons. The van der Waals surface area contributed by atoms with Crippen molar-refractivity contribution in [3.63, 3.8) is 0 Å². The predicted octanol–water partition coefficient (Wildman–Crippen LogP) is 7.83. The molecule has 4 rings (SSSR count). The highest BCUT2D eigenvalue weighted by Gasteiger charge is 2.37. The third-order valence-corrected chi connectivity index (χ3v) is 5.81. The van der Waals surface area contributed by atoms with Gasteiger partial charge in [0, 0.05) is 24.9 Å². The summed E-state index contributed by atoms with van der Waals surface area (Å²) in [5.41, 5.74) is 1.28. The summed E-state index contributed by atoms with van der Waals surface area (Å²) in [6.07, 6.45) is -5.86. The minimum atomic E-state index is -4.91. The molecule has 0 aliphatic carbocycles. The van der Waals surface area contributed by atoms with Crippen molar-refractivity contribution in [3.05, 3.63) is 112 Å². The van der Waals surface area contributed by atoms with Gasteiger partial charge in [0.05, 0.1) is 29.1 Å². The molecule has 0 spiro atoms. The molecule has 0 atom stereocenters. The second kappa shape index (κ2) is 10.7. The zero-order valence-electron chi connectivity index (χ0n) is 19.4. The van der Waals surface area contributed by atoms with E-state index in [1.807, 2.05) is 16.7 Å². The van der Waals surface area contributed by atoms with E-state index < -0.39 is 23.5 Å². The number of rotatable bonds is 5. The van der Waals surface area contributed by atoms with Crippen LogP contribution in [0.4, 0.5) is 26.3 Å². The molecule has 1 aromatic heterocycles. The second-order valence-electron chi connectivity index (χ2n) is 8.44. The SMILES string of the molecule is Cc1cc(Cn2cncc2Cc2ccc(C#N)cc2)ccc1-c1cc(C(F)(F)F)cc(C(F)(F)F)c1.Cl. The van der Waals surface area contributed by atoms with Crippen molar-refractivity contribution < 1.29 is 26.3 Å². The van der Waals surface area contributed by atoms with E-state index in [0.29, 0.717) is 29.7 Å². The van der Waals surface area contributed by atoms with E-state index in [0.717, 1.165) is 29.0 Å². The normalized spacial score (nSPS) is 11.6. The Balaban J connectivity index is 0.00000380. The fourth-order valence-corrected chi connectivity index (χ4v) is 4.00. The van der Waals surface area contributed by atoms with Crippen LogP contribution in [-0.4, -0.2) is 9.55 Å². The van der Waals surface area contributed by atoms with Crippen LogP contribution in [0.2, 0.25) is 0 Å². The van der Waals surface area contributed by atoms with E-state index in [4.69, 9.17) is 5.26 Å². The Morgan fingerprint density at radius 1 is 0.838 bits per heavy atom. The third kappa shape index (κ3) is 6.52. The molecule has 0 N–H and O–H groups in total. The second-order valence-corrected chi connectivity index (χ2v) is 8.44. The van der Waals surface area contributed by atoms with Crippen molar-refractivity contribution >= 4 is 12.4 Å². The lowest BCUT2D eigenvalue weighted by Gasteiger charge is -2.16. The highest BCUT2D eigenvalue weighted by Crippen LogP contribution is 2.39. The van der Waals surface area contributed by atoms with E-state index >= 15 is 0 Å². The molecule has 0 saturated heterocycles. The number of halogens is 7.